The fraction of sp³-hybridized carbons (Fsp3) is 0.533. The van der Waals surface area contributed by atoms with Crippen LogP contribution in [0.3, 0.4) is 0 Å². The molecule has 2 rings (SSSR count). The molecule has 0 aromatic heterocycles. The van der Waals surface area contributed by atoms with E-state index in [9.17, 15) is 14.3 Å². The molecule has 0 heterocycles. The van der Waals surface area contributed by atoms with E-state index in [1.54, 1.807) is 6.92 Å². The Bertz CT molecular complexity index is 460. The second-order valence-corrected chi connectivity index (χ2v) is 5.50. The second kappa shape index (κ2) is 4.81. The van der Waals surface area contributed by atoms with Crippen LogP contribution in [0.4, 0.5) is 4.39 Å². The van der Waals surface area contributed by atoms with E-state index in [0.717, 1.165) is 12.8 Å². The fourth-order valence-corrected chi connectivity index (χ4v) is 2.60. The van der Waals surface area contributed by atoms with Crippen molar-refractivity contribution < 1.29 is 14.3 Å². The Hall–Kier alpha value is -1.22. The molecule has 1 aromatic carbocycles. The minimum absolute atomic E-state index is 0.257. The smallest absolute Gasteiger partial charge is 0.194 e. The zero-order chi connectivity index (χ0) is 13.3. The Morgan fingerprint density at radius 2 is 2.00 bits per heavy atom. The average Bonchev–Trinajstić information content (AvgIpc) is 2.32. The summed E-state index contributed by atoms with van der Waals surface area (Å²) in [6, 6.07) is 4.08. The van der Waals surface area contributed by atoms with Crippen molar-refractivity contribution in [3.63, 3.8) is 0 Å². The Morgan fingerprint density at radius 3 is 2.56 bits per heavy atom. The molecule has 2 nitrogen and oxygen atoms in total. The molecule has 98 valence electrons. The summed E-state index contributed by atoms with van der Waals surface area (Å²) < 4.78 is 13.0. The van der Waals surface area contributed by atoms with Crippen LogP contribution in [-0.4, -0.2) is 16.5 Å². The Labute approximate surface area is 107 Å². The van der Waals surface area contributed by atoms with Gasteiger partial charge in [-0.15, -0.1) is 0 Å². The van der Waals surface area contributed by atoms with E-state index in [-0.39, 0.29) is 11.6 Å². The van der Waals surface area contributed by atoms with Gasteiger partial charge in [-0.1, -0.05) is 6.92 Å². The average molecular weight is 250 g/mol. The molecular weight excluding hydrogens is 231 g/mol. The quantitative estimate of drug-likeness (QED) is 0.818. The summed E-state index contributed by atoms with van der Waals surface area (Å²) in [5, 5.41) is 10.5. The Kier molecular flexibility index (Phi) is 3.53. The molecule has 18 heavy (non-hydrogen) atoms. The Balaban J connectivity index is 2.25. The first-order valence-corrected chi connectivity index (χ1v) is 6.46. The lowest BCUT2D eigenvalue weighted by molar-refractivity contribution is 0.00420. The summed E-state index contributed by atoms with van der Waals surface area (Å²) in [5.74, 6) is -0.0485. The van der Waals surface area contributed by atoms with Crippen LogP contribution in [0.15, 0.2) is 18.2 Å². The van der Waals surface area contributed by atoms with Crippen molar-refractivity contribution in [1.82, 2.24) is 0 Å². The molecular formula is C15H19FO2. The van der Waals surface area contributed by atoms with Gasteiger partial charge in [-0.2, -0.15) is 0 Å². The lowest BCUT2D eigenvalue weighted by Gasteiger charge is -2.33. The molecule has 0 amide bonds. The summed E-state index contributed by atoms with van der Waals surface area (Å²) in [7, 11) is 0. The van der Waals surface area contributed by atoms with Crippen molar-refractivity contribution in [2.45, 2.75) is 45.1 Å². The maximum atomic E-state index is 13.0. The highest BCUT2D eigenvalue weighted by atomic mass is 19.1. The van der Waals surface area contributed by atoms with E-state index in [2.05, 4.69) is 6.92 Å². The monoisotopic (exact) mass is 250 g/mol. The number of aliphatic hydroxyl groups is 1. The molecule has 0 saturated heterocycles. The predicted molar refractivity (Wildman–Crippen MR) is 68.0 cm³/mol. The first kappa shape index (κ1) is 13.2. The minimum Gasteiger partial charge on any atom is -0.382 e. The number of hydrogen-bond acceptors (Lipinski definition) is 2. The molecule has 0 radical (unpaired) electrons. The van der Waals surface area contributed by atoms with Crippen molar-refractivity contribution in [3.8, 4) is 0 Å². The number of carbonyl (C=O) groups excluding carboxylic acids is 1. The van der Waals surface area contributed by atoms with Gasteiger partial charge in [-0.25, -0.2) is 4.39 Å². The molecule has 1 aliphatic rings. The standard InChI is InChI=1S/C15H19FO2/c1-10-5-7-15(18,8-6-10)14(17)13-4-3-12(16)9-11(13)2/h3-4,9-10,18H,5-8H2,1-2H3. The van der Waals surface area contributed by atoms with Gasteiger partial charge >= 0.3 is 0 Å². The molecule has 0 spiro atoms. The van der Waals surface area contributed by atoms with Crippen LogP contribution < -0.4 is 0 Å². The number of carbonyl (C=O) groups is 1. The fourth-order valence-electron chi connectivity index (χ4n) is 2.60. The first-order chi connectivity index (χ1) is 8.42. The van der Waals surface area contributed by atoms with E-state index >= 15 is 0 Å². The second-order valence-electron chi connectivity index (χ2n) is 5.50. The first-order valence-electron chi connectivity index (χ1n) is 6.46. The van der Waals surface area contributed by atoms with Crippen LogP contribution in [0, 0.1) is 18.7 Å². The highest BCUT2D eigenvalue weighted by Gasteiger charge is 2.39. The van der Waals surface area contributed by atoms with E-state index in [1.807, 2.05) is 0 Å². The minimum atomic E-state index is -1.25. The van der Waals surface area contributed by atoms with Crippen LogP contribution in [0.25, 0.3) is 0 Å². The molecule has 1 aromatic rings. The summed E-state index contributed by atoms with van der Waals surface area (Å²) in [5.41, 5.74) is -0.227. The van der Waals surface area contributed by atoms with Gasteiger partial charge in [0.05, 0.1) is 0 Å². The van der Waals surface area contributed by atoms with Crippen LogP contribution in [0.2, 0.25) is 0 Å². The number of aryl methyl sites for hydroxylation is 1. The number of rotatable bonds is 2. The summed E-state index contributed by atoms with van der Waals surface area (Å²) in [6.45, 7) is 3.83. The van der Waals surface area contributed by atoms with Crippen LogP contribution in [0.5, 0.6) is 0 Å². The van der Waals surface area contributed by atoms with Crippen molar-refractivity contribution in [1.29, 1.82) is 0 Å². The van der Waals surface area contributed by atoms with Gasteiger partial charge in [-0.05, 0) is 62.3 Å². The molecule has 1 N–H and O–H groups in total. The van der Waals surface area contributed by atoms with Gasteiger partial charge in [-0.3, -0.25) is 4.79 Å². The van der Waals surface area contributed by atoms with Gasteiger partial charge < -0.3 is 5.11 Å². The molecule has 1 saturated carbocycles. The summed E-state index contributed by atoms with van der Waals surface area (Å²) >= 11 is 0. The number of halogens is 1. The highest BCUT2D eigenvalue weighted by molar-refractivity contribution is 6.03. The lowest BCUT2D eigenvalue weighted by atomic mass is 9.75. The zero-order valence-corrected chi connectivity index (χ0v) is 10.9. The normalized spacial score (nSPS) is 28.1. The molecule has 0 unspecified atom stereocenters. The summed E-state index contributed by atoms with van der Waals surface area (Å²) in [4.78, 5) is 12.4. The van der Waals surface area contributed by atoms with Gasteiger partial charge in [0.25, 0.3) is 0 Å². The SMILES string of the molecule is Cc1cc(F)ccc1C(=O)C1(O)CCC(C)CC1. The van der Waals surface area contributed by atoms with E-state index in [1.165, 1.54) is 18.2 Å². The van der Waals surface area contributed by atoms with Crippen LogP contribution >= 0.6 is 0 Å². The number of ketones is 1. The van der Waals surface area contributed by atoms with E-state index in [4.69, 9.17) is 0 Å². The third-order valence-electron chi connectivity index (χ3n) is 3.96. The largest absolute Gasteiger partial charge is 0.382 e. The molecule has 0 bridgehead atoms. The van der Waals surface area contributed by atoms with Gasteiger partial charge in [0.2, 0.25) is 0 Å². The molecule has 0 aliphatic heterocycles. The van der Waals surface area contributed by atoms with Crippen molar-refractivity contribution in [2.24, 2.45) is 5.92 Å². The highest BCUT2D eigenvalue weighted by Crippen LogP contribution is 2.34. The third-order valence-corrected chi connectivity index (χ3v) is 3.96. The zero-order valence-electron chi connectivity index (χ0n) is 10.9. The summed E-state index contributed by atoms with van der Waals surface area (Å²) in [6.07, 6.45) is 2.73. The van der Waals surface area contributed by atoms with E-state index in [0.29, 0.717) is 29.9 Å². The van der Waals surface area contributed by atoms with Crippen molar-refractivity contribution >= 4 is 5.78 Å². The van der Waals surface area contributed by atoms with Crippen LogP contribution in [-0.2, 0) is 0 Å². The van der Waals surface area contributed by atoms with Crippen molar-refractivity contribution in [2.75, 3.05) is 0 Å². The molecule has 1 fully saturated rings. The van der Waals surface area contributed by atoms with Gasteiger partial charge in [0.1, 0.15) is 11.4 Å². The molecule has 0 atom stereocenters. The number of hydrogen-bond donors (Lipinski definition) is 1. The van der Waals surface area contributed by atoms with Gasteiger partial charge in [0.15, 0.2) is 5.78 Å². The van der Waals surface area contributed by atoms with Crippen LogP contribution in [0.1, 0.15) is 48.5 Å². The van der Waals surface area contributed by atoms with Gasteiger partial charge in [0, 0.05) is 5.56 Å². The maximum Gasteiger partial charge on any atom is 0.194 e. The lowest BCUT2D eigenvalue weighted by Crippen LogP contribution is -2.42. The maximum absolute atomic E-state index is 13.0. The topological polar surface area (TPSA) is 37.3 Å². The predicted octanol–water partition coefficient (Wildman–Crippen LogP) is 3.26. The van der Waals surface area contributed by atoms with E-state index < -0.39 is 5.60 Å². The molecule has 3 heteroatoms. The third kappa shape index (κ3) is 2.46. The number of Topliss-reactive ketones (excluding diaryl/α,β-unsaturated/α-hetero) is 1. The molecule has 1 aliphatic carbocycles. The Morgan fingerprint density at radius 1 is 1.39 bits per heavy atom. The number of benzene rings is 1. The van der Waals surface area contributed by atoms with Crippen molar-refractivity contribution in [3.05, 3.63) is 35.1 Å².